The summed E-state index contributed by atoms with van der Waals surface area (Å²) in [5, 5.41) is 14.7. The van der Waals surface area contributed by atoms with E-state index in [1.54, 1.807) is 11.8 Å². The highest BCUT2D eigenvalue weighted by molar-refractivity contribution is 5.58. The number of benzene rings is 2. The molecule has 0 atom stereocenters. The maximum Gasteiger partial charge on any atom is 0.231 e. The van der Waals surface area contributed by atoms with Crippen LogP contribution in [0.5, 0.6) is 17.2 Å². The summed E-state index contributed by atoms with van der Waals surface area (Å²) in [5.74, 6) is 3.07. The molecular formula is C19H19N5O3. The standard InChI is InChI=1S/C19H19N5O3/c1-25-17-8-14(4-5-16(17)24-10-21-22-23-24)20-9-12-6-15(13-2-3-13)19-18(7-12)26-11-27-19/h4-8,10,13,20H,2-3,9,11H2,1H3. The van der Waals surface area contributed by atoms with Gasteiger partial charge in [-0.1, -0.05) is 0 Å². The third-order valence-electron chi connectivity index (χ3n) is 4.85. The van der Waals surface area contributed by atoms with Gasteiger partial charge in [-0.3, -0.25) is 0 Å². The van der Waals surface area contributed by atoms with Gasteiger partial charge in [0.1, 0.15) is 17.8 Å². The van der Waals surface area contributed by atoms with E-state index in [-0.39, 0.29) is 0 Å². The Morgan fingerprint density at radius 1 is 1.22 bits per heavy atom. The Bertz CT molecular complexity index is 970. The van der Waals surface area contributed by atoms with Gasteiger partial charge in [-0.05, 0) is 59.0 Å². The number of tetrazole rings is 1. The number of aromatic nitrogens is 4. The van der Waals surface area contributed by atoms with E-state index in [0.29, 0.717) is 25.0 Å². The van der Waals surface area contributed by atoms with Crippen LogP contribution in [0.2, 0.25) is 0 Å². The van der Waals surface area contributed by atoms with Crippen LogP contribution in [0.25, 0.3) is 5.69 Å². The van der Waals surface area contributed by atoms with Gasteiger partial charge in [0, 0.05) is 23.9 Å². The Morgan fingerprint density at radius 3 is 2.93 bits per heavy atom. The summed E-state index contributed by atoms with van der Waals surface area (Å²) in [4.78, 5) is 0. The maximum atomic E-state index is 5.65. The minimum Gasteiger partial charge on any atom is -0.494 e. The molecule has 1 aliphatic carbocycles. The zero-order valence-electron chi connectivity index (χ0n) is 14.9. The maximum absolute atomic E-state index is 5.65. The molecule has 0 amide bonds. The van der Waals surface area contributed by atoms with Gasteiger partial charge < -0.3 is 19.5 Å². The monoisotopic (exact) mass is 365 g/mol. The summed E-state index contributed by atoms with van der Waals surface area (Å²) >= 11 is 0. The molecule has 2 aliphatic rings. The van der Waals surface area contributed by atoms with Crippen LogP contribution >= 0.6 is 0 Å². The van der Waals surface area contributed by atoms with Crippen LogP contribution in [-0.4, -0.2) is 34.1 Å². The van der Waals surface area contributed by atoms with Crippen molar-refractivity contribution < 1.29 is 14.2 Å². The van der Waals surface area contributed by atoms with Gasteiger partial charge in [-0.15, -0.1) is 5.10 Å². The topological polar surface area (TPSA) is 83.3 Å². The van der Waals surface area contributed by atoms with Crippen LogP contribution in [0.1, 0.15) is 29.9 Å². The first-order chi connectivity index (χ1) is 13.3. The Morgan fingerprint density at radius 2 is 2.15 bits per heavy atom. The van der Waals surface area contributed by atoms with Crippen LogP contribution < -0.4 is 19.5 Å². The second-order valence-corrected chi connectivity index (χ2v) is 6.69. The molecule has 2 aromatic carbocycles. The van der Waals surface area contributed by atoms with Crippen molar-refractivity contribution in [1.29, 1.82) is 0 Å². The van der Waals surface area contributed by atoms with Crippen molar-refractivity contribution in [2.75, 3.05) is 19.2 Å². The van der Waals surface area contributed by atoms with E-state index in [2.05, 4.69) is 26.9 Å². The molecular weight excluding hydrogens is 346 g/mol. The number of nitrogens with one attached hydrogen (secondary N) is 1. The number of nitrogens with zero attached hydrogens (tertiary/aromatic N) is 4. The minimum atomic E-state index is 0.307. The fourth-order valence-electron chi connectivity index (χ4n) is 3.35. The molecule has 8 heteroatoms. The molecule has 1 aromatic heterocycles. The minimum absolute atomic E-state index is 0.307. The fourth-order valence-corrected chi connectivity index (χ4v) is 3.35. The Hall–Kier alpha value is -3.29. The number of hydrogen-bond donors (Lipinski definition) is 1. The lowest BCUT2D eigenvalue weighted by molar-refractivity contribution is 0.173. The molecule has 2 heterocycles. The highest BCUT2D eigenvalue weighted by Crippen LogP contribution is 2.49. The lowest BCUT2D eigenvalue weighted by Crippen LogP contribution is -2.03. The third kappa shape index (κ3) is 3.03. The predicted octanol–water partition coefficient (Wildman–Crippen LogP) is 2.89. The highest BCUT2D eigenvalue weighted by atomic mass is 16.7. The van der Waals surface area contributed by atoms with E-state index in [1.165, 1.54) is 30.3 Å². The molecule has 1 aliphatic heterocycles. The molecule has 27 heavy (non-hydrogen) atoms. The predicted molar refractivity (Wildman–Crippen MR) is 97.6 cm³/mol. The van der Waals surface area contributed by atoms with Crippen LogP contribution in [0.3, 0.4) is 0 Å². The zero-order chi connectivity index (χ0) is 18.2. The fraction of sp³-hybridized carbons (Fsp3) is 0.316. The molecule has 0 unspecified atom stereocenters. The second kappa shape index (κ2) is 6.46. The number of rotatable bonds is 6. The average Bonchev–Trinajstić information content (AvgIpc) is 3.19. The van der Waals surface area contributed by atoms with E-state index in [0.717, 1.165) is 22.9 Å². The number of ether oxygens (including phenoxy) is 3. The Kier molecular flexibility index (Phi) is 3.81. The first-order valence-electron chi connectivity index (χ1n) is 8.89. The summed E-state index contributed by atoms with van der Waals surface area (Å²) in [6.45, 7) is 0.992. The normalized spacial score (nSPS) is 15.0. The first-order valence-corrected chi connectivity index (χ1v) is 8.89. The lowest BCUT2D eigenvalue weighted by Gasteiger charge is -2.13. The molecule has 0 saturated heterocycles. The van der Waals surface area contributed by atoms with Crippen molar-refractivity contribution in [3.8, 4) is 22.9 Å². The molecule has 0 bridgehead atoms. The van der Waals surface area contributed by atoms with Crippen LogP contribution in [0, 0.1) is 0 Å². The number of fused-ring (bicyclic) bond motifs is 1. The van der Waals surface area contributed by atoms with Crippen LogP contribution in [-0.2, 0) is 6.54 Å². The van der Waals surface area contributed by atoms with E-state index >= 15 is 0 Å². The van der Waals surface area contributed by atoms with Gasteiger partial charge in [-0.25, -0.2) is 0 Å². The molecule has 0 radical (unpaired) electrons. The number of methoxy groups -OCH3 is 1. The highest BCUT2D eigenvalue weighted by Gasteiger charge is 2.31. The van der Waals surface area contributed by atoms with E-state index in [9.17, 15) is 0 Å². The largest absolute Gasteiger partial charge is 0.494 e. The summed E-state index contributed by atoms with van der Waals surface area (Å²) in [6, 6.07) is 10.1. The number of hydrogen-bond acceptors (Lipinski definition) is 7. The van der Waals surface area contributed by atoms with Crippen molar-refractivity contribution in [1.82, 2.24) is 20.2 Å². The van der Waals surface area contributed by atoms with Crippen molar-refractivity contribution in [3.05, 3.63) is 47.8 Å². The Labute approximate surface area is 156 Å². The van der Waals surface area contributed by atoms with Crippen LogP contribution in [0.15, 0.2) is 36.7 Å². The van der Waals surface area contributed by atoms with E-state index in [4.69, 9.17) is 14.2 Å². The van der Waals surface area contributed by atoms with Crippen molar-refractivity contribution in [2.24, 2.45) is 0 Å². The summed E-state index contributed by atoms with van der Waals surface area (Å²) in [5.41, 5.74) is 4.18. The Balaban J connectivity index is 1.37. The molecule has 1 fully saturated rings. The molecule has 1 saturated carbocycles. The van der Waals surface area contributed by atoms with Gasteiger partial charge in [0.25, 0.3) is 0 Å². The first kappa shape index (κ1) is 15.9. The molecule has 5 rings (SSSR count). The SMILES string of the molecule is COc1cc(NCc2cc3c(c(C4CC4)c2)OCO3)ccc1-n1cnnn1. The summed E-state index contributed by atoms with van der Waals surface area (Å²) in [7, 11) is 1.63. The molecule has 138 valence electrons. The number of anilines is 1. The molecule has 8 nitrogen and oxygen atoms in total. The molecule has 0 spiro atoms. The van der Waals surface area contributed by atoms with Crippen LogP contribution in [0.4, 0.5) is 5.69 Å². The smallest absolute Gasteiger partial charge is 0.231 e. The van der Waals surface area contributed by atoms with Crippen molar-refractivity contribution in [2.45, 2.75) is 25.3 Å². The van der Waals surface area contributed by atoms with Gasteiger partial charge in [0.2, 0.25) is 6.79 Å². The molecule has 3 aromatic rings. The van der Waals surface area contributed by atoms with Gasteiger partial charge in [0.15, 0.2) is 11.5 Å². The molecule has 1 N–H and O–H groups in total. The van der Waals surface area contributed by atoms with E-state index < -0.39 is 0 Å². The lowest BCUT2D eigenvalue weighted by atomic mass is 10.0. The van der Waals surface area contributed by atoms with Gasteiger partial charge in [0.05, 0.1) is 7.11 Å². The zero-order valence-corrected chi connectivity index (χ0v) is 14.9. The van der Waals surface area contributed by atoms with E-state index in [1.807, 2.05) is 24.3 Å². The van der Waals surface area contributed by atoms with Gasteiger partial charge >= 0.3 is 0 Å². The van der Waals surface area contributed by atoms with Crippen molar-refractivity contribution >= 4 is 5.69 Å². The summed E-state index contributed by atoms with van der Waals surface area (Å²) in [6.07, 6.45) is 3.99. The average molecular weight is 365 g/mol. The van der Waals surface area contributed by atoms with Gasteiger partial charge in [-0.2, -0.15) is 4.68 Å². The third-order valence-corrected chi connectivity index (χ3v) is 4.85. The van der Waals surface area contributed by atoms with Crippen molar-refractivity contribution in [3.63, 3.8) is 0 Å². The second-order valence-electron chi connectivity index (χ2n) is 6.69. The summed E-state index contributed by atoms with van der Waals surface area (Å²) < 4.78 is 18.3. The quantitative estimate of drug-likeness (QED) is 0.719.